The summed E-state index contributed by atoms with van der Waals surface area (Å²) in [5.41, 5.74) is 1.06. The molecule has 4 nitrogen and oxygen atoms in total. The second kappa shape index (κ2) is 8.08. The molecule has 0 saturated heterocycles. The first kappa shape index (κ1) is 15.9. The zero-order valence-corrected chi connectivity index (χ0v) is 12.9. The summed E-state index contributed by atoms with van der Waals surface area (Å²) in [5, 5.41) is 2.90. The van der Waals surface area contributed by atoms with Crippen molar-refractivity contribution in [3.8, 4) is 11.5 Å². The fourth-order valence-electron chi connectivity index (χ4n) is 2.09. The number of amides is 1. The first-order chi connectivity index (χ1) is 10.7. The number of carbonyl (C=O) groups excluding carboxylic acids is 1. The van der Waals surface area contributed by atoms with E-state index in [-0.39, 0.29) is 5.91 Å². The SMILES string of the molecule is CCC(Oc1ccccc1OC)C(=O)NCc1ccccc1. The Hall–Kier alpha value is -2.49. The van der Waals surface area contributed by atoms with Crippen molar-refractivity contribution in [1.29, 1.82) is 0 Å². The van der Waals surface area contributed by atoms with Crippen molar-refractivity contribution < 1.29 is 14.3 Å². The van der Waals surface area contributed by atoms with Gasteiger partial charge in [0.05, 0.1) is 7.11 Å². The lowest BCUT2D eigenvalue weighted by atomic mass is 10.2. The molecule has 0 radical (unpaired) electrons. The minimum Gasteiger partial charge on any atom is -0.493 e. The maximum absolute atomic E-state index is 12.3. The Morgan fingerprint density at radius 2 is 1.68 bits per heavy atom. The molecule has 0 fully saturated rings. The van der Waals surface area contributed by atoms with Crippen LogP contribution in [-0.2, 0) is 11.3 Å². The van der Waals surface area contributed by atoms with Crippen LogP contribution in [0.15, 0.2) is 54.6 Å². The van der Waals surface area contributed by atoms with Crippen LogP contribution in [0, 0.1) is 0 Å². The van der Waals surface area contributed by atoms with Crippen LogP contribution in [0.5, 0.6) is 11.5 Å². The average molecular weight is 299 g/mol. The normalized spacial score (nSPS) is 11.5. The molecule has 0 heterocycles. The molecule has 116 valence electrons. The Morgan fingerprint density at radius 1 is 1.05 bits per heavy atom. The van der Waals surface area contributed by atoms with Crippen LogP contribution in [0.4, 0.5) is 0 Å². The quantitative estimate of drug-likeness (QED) is 0.854. The van der Waals surface area contributed by atoms with Gasteiger partial charge in [0, 0.05) is 6.54 Å². The summed E-state index contributed by atoms with van der Waals surface area (Å²) >= 11 is 0. The van der Waals surface area contributed by atoms with Crippen LogP contribution in [-0.4, -0.2) is 19.1 Å². The number of hydrogen-bond donors (Lipinski definition) is 1. The maximum atomic E-state index is 12.3. The molecule has 0 aromatic heterocycles. The minimum atomic E-state index is -0.542. The Bertz CT molecular complexity index is 598. The Balaban J connectivity index is 1.97. The highest BCUT2D eigenvalue weighted by Gasteiger charge is 2.19. The van der Waals surface area contributed by atoms with E-state index in [4.69, 9.17) is 9.47 Å². The predicted molar refractivity (Wildman–Crippen MR) is 86.0 cm³/mol. The van der Waals surface area contributed by atoms with Crippen LogP contribution in [0.3, 0.4) is 0 Å². The largest absolute Gasteiger partial charge is 0.493 e. The van der Waals surface area contributed by atoms with Gasteiger partial charge in [0.25, 0.3) is 5.91 Å². The van der Waals surface area contributed by atoms with E-state index in [1.54, 1.807) is 13.2 Å². The fraction of sp³-hybridized carbons (Fsp3) is 0.278. The number of benzene rings is 2. The molecule has 4 heteroatoms. The fourth-order valence-corrected chi connectivity index (χ4v) is 2.09. The second-order valence-electron chi connectivity index (χ2n) is 4.87. The molecule has 2 aromatic rings. The number of hydrogen-bond acceptors (Lipinski definition) is 3. The predicted octanol–water partition coefficient (Wildman–Crippen LogP) is 3.17. The van der Waals surface area contributed by atoms with Gasteiger partial charge in [-0.2, -0.15) is 0 Å². The highest BCUT2D eigenvalue weighted by atomic mass is 16.5. The number of methoxy groups -OCH3 is 1. The van der Waals surface area contributed by atoms with Gasteiger partial charge in [0.2, 0.25) is 0 Å². The van der Waals surface area contributed by atoms with Crippen molar-refractivity contribution in [3.05, 3.63) is 60.2 Å². The van der Waals surface area contributed by atoms with Crippen LogP contribution < -0.4 is 14.8 Å². The van der Waals surface area contributed by atoms with Gasteiger partial charge in [-0.15, -0.1) is 0 Å². The molecule has 22 heavy (non-hydrogen) atoms. The molecule has 0 bridgehead atoms. The standard InChI is InChI=1S/C18H21NO3/c1-3-15(22-17-12-8-7-11-16(17)21-2)18(20)19-13-14-9-5-4-6-10-14/h4-12,15H,3,13H2,1-2H3,(H,19,20). The maximum Gasteiger partial charge on any atom is 0.261 e. The van der Waals surface area contributed by atoms with Gasteiger partial charge in [-0.1, -0.05) is 49.4 Å². The van der Waals surface area contributed by atoms with Crippen molar-refractivity contribution in [2.75, 3.05) is 7.11 Å². The van der Waals surface area contributed by atoms with Gasteiger partial charge in [-0.25, -0.2) is 0 Å². The number of nitrogens with one attached hydrogen (secondary N) is 1. The van der Waals surface area contributed by atoms with E-state index in [0.29, 0.717) is 24.5 Å². The van der Waals surface area contributed by atoms with Gasteiger partial charge in [-0.05, 0) is 24.1 Å². The van der Waals surface area contributed by atoms with Gasteiger partial charge in [-0.3, -0.25) is 4.79 Å². The molecule has 0 aliphatic rings. The minimum absolute atomic E-state index is 0.128. The van der Waals surface area contributed by atoms with Crippen LogP contribution in [0.25, 0.3) is 0 Å². The summed E-state index contributed by atoms with van der Waals surface area (Å²) in [5.74, 6) is 1.07. The van der Waals surface area contributed by atoms with E-state index in [2.05, 4.69) is 5.32 Å². The lowest BCUT2D eigenvalue weighted by Crippen LogP contribution is -2.37. The monoisotopic (exact) mass is 299 g/mol. The molecule has 0 saturated carbocycles. The third-order valence-corrected chi connectivity index (χ3v) is 3.31. The summed E-state index contributed by atoms with van der Waals surface area (Å²) in [6, 6.07) is 17.1. The van der Waals surface area contributed by atoms with Crippen molar-refractivity contribution >= 4 is 5.91 Å². The third kappa shape index (κ3) is 4.25. The van der Waals surface area contributed by atoms with Gasteiger partial charge < -0.3 is 14.8 Å². The second-order valence-corrected chi connectivity index (χ2v) is 4.87. The van der Waals surface area contributed by atoms with E-state index in [9.17, 15) is 4.79 Å². The average Bonchev–Trinajstić information content (AvgIpc) is 2.58. The highest BCUT2D eigenvalue weighted by molar-refractivity contribution is 5.81. The lowest BCUT2D eigenvalue weighted by Gasteiger charge is -2.18. The summed E-state index contributed by atoms with van der Waals surface area (Å²) in [4.78, 5) is 12.3. The van der Waals surface area contributed by atoms with Crippen molar-refractivity contribution in [2.24, 2.45) is 0 Å². The number of carbonyl (C=O) groups is 1. The van der Waals surface area contributed by atoms with E-state index >= 15 is 0 Å². The van der Waals surface area contributed by atoms with Crippen molar-refractivity contribution in [1.82, 2.24) is 5.32 Å². The van der Waals surface area contributed by atoms with Gasteiger partial charge >= 0.3 is 0 Å². The third-order valence-electron chi connectivity index (χ3n) is 3.31. The summed E-state index contributed by atoms with van der Waals surface area (Å²) < 4.78 is 11.0. The van der Waals surface area contributed by atoms with E-state index in [1.165, 1.54) is 0 Å². The van der Waals surface area contributed by atoms with Crippen LogP contribution in [0.2, 0.25) is 0 Å². The zero-order chi connectivity index (χ0) is 15.8. The van der Waals surface area contributed by atoms with Gasteiger partial charge in [0.1, 0.15) is 0 Å². The number of rotatable bonds is 7. The van der Waals surface area contributed by atoms with E-state index < -0.39 is 6.10 Å². The molecular weight excluding hydrogens is 278 g/mol. The molecule has 0 aliphatic carbocycles. The molecular formula is C18H21NO3. The molecule has 0 aliphatic heterocycles. The summed E-state index contributed by atoms with van der Waals surface area (Å²) in [6.45, 7) is 2.41. The molecule has 2 rings (SSSR count). The Morgan fingerprint density at radius 3 is 2.32 bits per heavy atom. The molecule has 1 amide bonds. The van der Waals surface area contributed by atoms with Crippen molar-refractivity contribution in [3.63, 3.8) is 0 Å². The van der Waals surface area contributed by atoms with Crippen LogP contribution >= 0.6 is 0 Å². The Labute approximate surface area is 131 Å². The molecule has 1 atom stereocenters. The first-order valence-electron chi connectivity index (χ1n) is 7.36. The van der Waals surface area contributed by atoms with Crippen LogP contribution in [0.1, 0.15) is 18.9 Å². The van der Waals surface area contributed by atoms with Crippen molar-refractivity contribution in [2.45, 2.75) is 26.0 Å². The molecule has 1 unspecified atom stereocenters. The zero-order valence-electron chi connectivity index (χ0n) is 12.9. The number of ether oxygens (including phenoxy) is 2. The van der Waals surface area contributed by atoms with E-state index in [0.717, 1.165) is 5.56 Å². The van der Waals surface area contributed by atoms with E-state index in [1.807, 2.05) is 55.5 Å². The summed E-state index contributed by atoms with van der Waals surface area (Å²) in [6.07, 6.45) is 0.0404. The molecule has 0 spiro atoms. The molecule has 1 N–H and O–H groups in total. The smallest absolute Gasteiger partial charge is 0.261 e. The first-order valence-corrected chi connectivity index (χ1v) is 7.36. The Kier molecular flexibility index (Phi) is 5.83. The topological polar surface area (TPSA) is 47.6 Å². The van der Waals surface area contributed by atoms with Gasteiger partial charge in [0.15, 0.2) is 17.6 Å². The number of para-hydroxylation sites is 2. The lowest BCUT2D eigenvalue weighted by molar-refractivity contribution is -0.128. The highest BCUT2D eigenvalue weighted by Crippen LogP contribution is 2.27. The summed E-state index contributed by atoms with van der Waals surface area (Å²) in [7, 11) is 1.58. The molecule has 2 aromatic carbocycles.